The molecule has 104 valence electrons. The van der Waals surface area contributed by atoms with Crippen LogP contribution in [0.3, 0.4) is 0 Å². The van der Waals surface area contributed by atoms with Crippen molar-refractivity contribution in [2.75, 3.05) is 11.9 Å². The minimum atomic E-state index is -0.427. The zero-order chi connectivity index (χ0) is 13.8. The minimum Gasteiger partial charge on any atom is -0.392 e. The number of nitro benzene ring substituents is 1. The van der Waals surface area contributed by atoms with Crippen molar-refractivity contribution < 1.29 is 10.0 Å². The summed E-state index contributed by atoms with van der Waals surface area (Å²) < 4.78 is 0. The summed E-state index contributed by atoms with van der Waals surface area (Å²) in [6.45, 7) is -0.173. The second kappa shape index (κ2) is 6.02. The summed E-state index contributed by atoms with van der Waals surface area (Å²) in [6.07, 6.45) is 6.06. The Bertz CT molecular complexity index is 456. The van der Waals surface area contributed by atoms with Crippen LogP contribution >= 0.6 is 0 Å². The lowest BCUT2D eigenvalue weighted by molar-refractivity contribution is -0.384. The largest absolute Gasteiger partial charge is 0.392 e. The van der Waals surface area contributed by atoms with Gasteiger partial charge in [0.1, 0.15) is 0 Å². The number of hydrogen-bond donors (Lipinski definition) is 1. The van der Waals surface area contributed by atoms with Crippen molar-refractivity contribution in [2.24, 2.45) is 0 Å². The summed E-state index contributed by atoms with van der Waals surface area (Å²) in [6, 6.07) is 5.20. The van der Waals surface area contributed by atoms with Gasteiger partial charge in [0.2, 0.25) is 0 Å². The van der Waals surface area contributed by atoms with Crippen LogP contribution in [0.25, 0.3) is 0 Å². The van der Waals surface area contributed by atoms with Gasteiger partial charge in [0.15, 0.2) is 0 Å². The summed E-state index contributed by atoms with van der Waals surface area (Å²) >= 11 is 0. The van der Waals surface area contributed by atoms with Gasteiger partial charge in [-0.3, -0.25) is 10.1 Å². The molecule has 1 aromatic carbocycles. The van der Waals surface area contributed by atoms with Gasteiger partial charge in [-0.05, 0) is 18.9 Å². The standard InChI is InChI=1S/C14H20N2O3/c1-15(12-5-3-2-4-6-12)14-8-7-13(16(18)19)9-11(14)10-17/h7-9,12,17H,2-6,10H2,1H3. The highest BCUT2D eigenvalue weighted by atomic mass is 16.6. The molecular weight excluding hydrogens is 244 g/mol. The number of nitrogens with zero attached hydrogens (tertiary/aromatic N) is 2. The third-order valence-electron chi connectivity index (χ3n) is 3.95. The maximum absolute atomic E-state index is 10.8. The van der Waals surface area contributed by atoms with Crippen LogP contribution in [0.1, 0.15) is 37.7 Å². The SMILES string of the molecule is CN(c1ccc([N+](=O)[O-])cc1CO)C1CCCCC1. The zero-order valence-electron chi connectivity index (χ0n) is 11.2. The fraction of sp³-hybridized carbons (Fsp3) is 0.571. The Morgan fingerprint density at radius 3 is 2.63 bits per heavy atom. The van der Waals surface area contributed by atoms with E-state index in [0.717, 1.165) is 18.5 Å². The molecule has 0 radical (unpaired) electrons. The molecule has 0 bridgehead atoms. The van der Waals surface area contributed by atoms with E-state index in [4.69, 9.17) is 0 Å². The number of aliphatic hydroxyl groups excluding tert-OH is 1. The van der Waals surface area contributed by atoms with Gasteiger partial charge in [-0.25, -0.2) is 0 Å². The van der Waals surface area contributed by atoms with E-state index in [1.54, 1.807) is 6.07 Å². The molecule has 1 aliphatic rings. The Balaban J connectivity index is 2.25. The molecule has 0 aromatic heterocycles. The lowest BCUT2D eigenvalue weighted by atomic mass is 9.94. The van der Waals surface area contributed by atoms with E-state index < -0.39 is 4.92 Å². The lowest BCUT2D eigenvalue weighted by Gasteiger charge is -2.34. The Morgan fingerprint density at radius 1 is 1.37 bits per heavy atom. The molecule has 0 aliphatic heterocycles. The predicted molar refractivity (Wildman–Crippen MR) is 74.3 cm³/mol. The molecule has 1 aliphatic carbocycles. The van der Waals surface area contributed by atoms with Crippen LogP contribution in [0, 0.1) is 10.1 Å². The molecule has 0 spiro atoms. The Hall–Kier alpha value is -1.62. The van der Waals surface area contributed by atoms with Gasteiger partial charge in [0, 0.05) is 36.5 Å². The summed E-state index contributed by atoms with van der Waals surface area (Å²) in [5.74, 6) is 0. The molecule has 1 saturated carbocycles. The zero-order valence-corrected chi connectivity index (χ0v) is 11.2. The van der Waals surface area contributed by atoms with Gasteiger partial charge in [-0.1, -0.05) is 19.3 Å². The first-order valence-corrected chi connectivity index (χ1v) is 6.74. The van der Waals surface area contributed by atoms with E-state index in [-0.39, 0.29) is 12.3 Å². The number of benzene rings is 1. The highest BCUT2D eigenvalue weighted by molar-refractivity contribution is 5.58. The molecule has 0 amide bonds. The lowest BCUT2D eigenvalue weighted by Crippen LogP contribution is -2.33. The molecule has 0 atom stereocenters. The molecule has 5 nitrogen and oxygen atoms in total. The molecule has 19 heavy (non-hydrogen) atoms. The minimum absolute atomic E-state index is 0.0323. The molecule has 0 saturated heterocycles. The summed E-state index contributed by atoms with van der Waals surface area (Å²) in [5, 5.41) is 20.2. The van der Waals surface area contributed by atoms with Crippen LogP contribution in [-0.2, 0) is 6.61 Å². The van der Waals surface area contributed by atoms with E-state index in [9.17, 15) is 15.2 Å². The van der Waals surface area contributed by atoms with Gasteiger partial charge in [-0.2, -0.15) is 0 Å². The number of rotatable bonds is 4. The summed E-state index contributed by atoms with van der Waals surface area (Å²) in [5.41, 5.74) is 1.56. The average molecular weight is 264 g/mol. The van der Waals surface area contributed by atoms with E-state index in [1.807, 2.05) is 7.05 Å². The number of aliphatic hydroxyl groups is 1. The Labute approximate surface area is 113 Å². The first kappa shape index (κ1) is 13.8. The first-order chi connectivity index (χ1) is 9.13. The molecule has 5 heteroatoms. The molecular formula is C14H20N2O3. The van der Waals surface area contributed by atoms with Crippen molar-refractivity contribution in [1.29, 1.82) is 0 Å². The first-order valence-electron chi connectivity index (χ1n) is 6.74. The van der Waals surface area contributed by atoms with Crippen LogP contribution in [0.15, 0.2) is 18.2 Å². The number of hydrogen-bond acceptors (Lipinski definition) is 4. The number of non-ortho nitro benzene ring substituents is 1. The molecule has 0 heterocycles. The molecule has 0 unspecified atom stereocenters. The van der Waals surface area contributed by atoms with Gasteiger partial charge in [0.05, 0.1) is 11.5 Å². The topological polar surface area (TPSA) is 66.6 Å². The molecule has 1 N–H and O–H groups in total. The Kier molecular flexibility index (Phi) is 4.37. The maximum atomic E-state index is 10.8. The van der Waals surface area contributed by atoms with E-state index in [0.29, 0.717) is 11.6 Å². The molecule has 1 fully saturated rings. The van der Waals surface area contributed by atoms with Gasteiger partial charge >= 0.3 is 0 Å². The quantitative estimate of drug-likeness (QED) is 0.670. The van der Waals surface area contributed by atoms with Crippen molar-refractivity contribution in [3.05, 3.63) is 33.9 Å². The van der Waals surface area contributed by atoms with Crippen molar-refractivity contribution in [3.63, 3.8) is 0 Å². The van der Waals surface area contributed by atoms with Gasteiger partial charge in [-0.15, -0.1) is 0 Å². The highest BCUT2D eigenvalue weighted by Gasteiger charge is 2.21. The van der Waals surface area contributed by atoms with Crippen molar-refractivity contribution in [1.82, 2.24) is 0 Å². The second-order valence-corrected chi connectivity index (χ2v) is 5.13. The third-order valence-corrected chi connectivity index (χ3v) is 3.95. The van der Waals surface area contributed by atoms with Crippen LogP contribution < -0.4 is 4.90 Å². The van der Waals surface area contributed by atoms with Gasteiger partial charge < -0.3 is 10.0 Å². The summed E-state index contributed by atoms with van der Waals surface area (Å²) in [7, 11) is 2.01. The average Bonchev–Trinajstić information content (AvgIpc) is 2.46. The predicted octanol–water partition coefficient (Wildman–Crippen LogP) is 2.86. The van der Waals surface area contributed by atoms with Crippen molar-refractivity contribution >= 4 is 11.4 Å². The number of nitro groups is 1. The van der Waals surface area contributed by atoms with Crippen LogP contribution in [0.2, 0.25) is 0 Å². The number of anilines is 1. The summed E-state index contributed by atoms with van der Waals surface area (Å²) in [4.78, 5) is 12.5. The second-order valence-electron chi connectivity index (χ2n) is 5.13. The van der Waals surface area contributed by atoms with Crippen molar-refractivity contribution in [2.45, 2.75) is 44.8 Å². The van der Waals surface area contributed by atoms with Crippen molar-refractivity contribution in [3.8, 4) is 0 Å². The normalized spacial score (nSPS) is 16.3. The monoisotopic (exact) mass is 264 g/mol. The van der Waals surface area contributed by atoms with Crippen LogP contribution in [0.4, 0.5) is 11.4 Å². The van der Waals surface area contributed by atoms with Gasteiger partial charge in [0.25, 0.3) is 5.69 Å². The molecule has 2 rings (SSSR count). The van der Waals surface area contributed by atoms with Crippen LogP contribution in [0.5, 0.6) is 0 Å². The fourth-order valence-corrected chi connectivity index (χ4v) is 2.82. The highest BCUT2D eigenvalue weighted by Crippen LogP contribution is 2.30. The Morgan fingerprint density at radius 2 is 2.05 bits per heavy atom. The van der Waals surface area contributed by atoms with Crippen LogP contribution in [-0.4, -0.2) is 23.1 Å². The molecule has 1 aromatic rings. The van der Waals surface area contributed by atoms with E-state index in [2.05, 4.69) is 4.90 Å². The maximum Gasteiger partial charge on any atom is 0.269 e. The van der Waals surface area contributed by atoms with E-state index >= 15 is 0 Å². The fourth-order valence-electron chi connectivity index (χ4n) is 2.82. The van der Waals surface area contributed by atoms with E-state index in [1.165, 1.54) is 31.4 Å². The third kappa shape index (κ3) is 3.04. The smallest absolute Gasteiger partial charge is 0.269 e.